The van der Waals surface area contributed by atoms with Gasteiger partial charge < -0.3 is 5.32 Å². The lowest BCUT2D eigenvalue weighted by Gasteiger charge is -2.02. The summed E-state index contributed by atoms with van der Waals surface area (Å²) in [7, 11) is 0. The van der Waals surface area contributed by atoms with Crippen molar-refractivity contribution in [2.45, 2.75) is 6.42 Å². The summed E-state index contributed by atoms with van der Waals surface area (Å²) in [4.78, 5) is 11.1. The van der Waals surface area contributed by atoms with Gasteiger partial charge in [-0.2, -0.15) is 0 Å². The molecule has 0 aliphatic rings. The summed E-state index contributed by atoms with van der Waals surface area (Å²) in [5.41, 5.74) is 0. The first-order valence-corrected chi connectivity index (χ1v) is 5.02. The van der Waals surface area contributed by atoms with Gasteiger partial charge in [0.1, 0.15) is 5.00 Å². The molecule has 1 heterocycles. The van der Waals surface area contributed by atoms with Crippen molar-refractivity contribution in [1.29, 1.82) is 0 Å². The Morgan fingerprint density at radius 2 is 2.54 bits per heavy atom. The number of alkyl halides is 1. The Balaban J connectivity index is 2.18. The van der Waals surface area contributed by atoms with Crippen molar-refractivity contribution in [1.82, 2.24) is 14.9 Å². The SMILES string of the molecule is O=C(NCCCCl)Nc1cnns1. The lowest BCUT2D eigenvalue weighted by Crippen LogP contribution is -2.29. The molecule has 0 unspecified atom stereocenters. The Hall–Kier alpha value is -0.880. The Morgan fingerprint density at radius 3 is 3.15 bits per heavy atom. The molecule has 13 heavy (non-hydrogen) atoms. The first kappa shape index (κ1) is 10.2. The standard InChI is InChI=1S/C6H9ClN4OS/c7-2-1-3-8-6(12)10-5-4-9-11-13-5/h4H,1-3H2,(H2,8,10,12). The Kier molecular flexibility index (Phi) is 4.48. The van der Waals surface area contributed by atoms with Crippen LogP contribution >= 0.6 is 23.1 Å². The molecule has 2 amide bonds. The van der Waals surface area contributed by atoms with E-state index in [4.69, 9.17) is 11.6 Å². The molecule has 0 bridgehead atoms. The molecule has 1 aromatic heterocycles. The second-order valence-corrected chi connectivity index (χ2v) is 3.37. The Bertz CT molecular complexity index is 253. The number of carbonyl (C=O) groups is 1. The third-order valence-corrected chi connectivity index (χ3v) is 2.04. The van der Waals surface area contributed by atoms with Crippen LogP contribution in [-0.2, 0) is 0 Å². The summed E-state index contributed by atoms with van der Waals surface area (Å²) in [5.74, 6) is 0.544. The van der Waals surface area contributed by atoms with Crippen LogP contribution in [0.3, 0.4) is 0 Å². The number of urea groups is 1. The maximum absolute atomic E-state index is 11.1. The summed E-state index contributed by atoms with van der Waals surface area (Å²) in [5, 5.41) is 9.42. The zero-order valence-corrected chi connectivity index (χ0v) is 8.36. The predicted molar refractivity (Wildman–Crippen MR) is 52.3 cm³/mol. The average molecular weight is 221 g/mol. The third-order valence-electron chi connectivity index (χ3n) is 1.19. The van der Waals surface area contributed by atoms with Crippen LogP contribution in [0.4, 0.5) is 9.80 Å². The van der Waals surface area contributed by atoms with Crippen LogP contribution in [-0.4, -0.2) is 28.0 Å². The van der Waals surface area contributed by atoms with E-state index >= 15 is 0 Å². The number of nitrogens with zero attached hydrogens (tertiary/aromatic N) is 2. The van der Waals surface area contributed by atoms with Crippen molar-refractivity contribution in [2.75, 3.05) is 17.7 Å². The number of halogens is 1. The molecule has 5 nitrogen and oxygen atoms in total. The van der Waals surface area contributed by atoms with Crippen molar-refractivity contribution in [3.63, 3.8) is 0 Å². The van der Waals surface area contributed by atoms with Gasteiger partial charge in [0, 0.05) is 24.0 Å². The van der Waals surface area contributed by atoms with E-state index in [1.807, 2.05) is 0 Å². The van der Waals surface area contributed by atoms with Gasteiger partial charge in [0.25, 0.3) is 0 Å². The lowest BCUT2D eigenvalue weighted by molar-refractivity contribution is 0.252. The van der Waals surface area contributed by atoms with Crippen molar-refractivity contribution >= 4 is 34.2 Å². The average Bonchev–Trinajstić information content (AvgIpc) is 2.57. The molecule has 0 fully saturated rings. The molecule has 0 radical (unpaired) electrons. The molecular weight excluding hydrogens is 212 g/mol. The molecule has 0 atom stereocenters. The summed E-state index contributed by atoms with van der Waals surface area (Å²) in [6, 6.07) is -0.254. The van der Waals surface area contributed by atoms with E-state index < -0.39 is 0 Å². The van der Waals surface area contributed by atoms with Gasteiger partial charge in [-0.25, -0.2) is 4.79 Å². The molecule has 2 N–H and O–H groups in total. The second kappa shape index (κ2) is 5.71. The van der Waals surface area contributed by atoms with Crippen LogP contribution in [0.15, 0.2) is 6.20 Å². The molecule has 0 aliphatic heterocycles. The molecular formula is C6H9ClN4OS. The van der Waals surface area contributed by atoms with Gasteiger partial charge in [-0.1, -0.05) is 4.49 Å². The highest BCUT2D eigenvalue weighted by Gasteiger charge is 2.01. The largest absolute Gasteiger partial charge is 0.338 e. The highest BCUT2D eigenvalue weighted by atomic mass is 35.5. The maximum Gasteiger partial charge on any atom is 0.319 e. The van der Waals surface area contributed by atoms with E-state index in [-0.39, 0.29) is 6.03 Å². The molecule has 0 aliphatic carbocycles. The molecule has 1 aromatic rings. The number of rotatable bonds is 4. The fraction of sp³-hybridized carbons (Fsp3) is 0.500. The van der Waals surface area contributed by atoms with Crippen LogP contribution in [0.2, 0.25) is 0 Å². The number of nitrogens with one attached hydrogen (secondary N) is 2. The first-order valence-electron chi connectivity index (χ1n) is 3.71. The zero-order chi connectivity index (χ0) is 9.52. The number of hydrogen-bond acceptors (Lipinski definition) is 4. The number of amides is 2. The lowest BCUT2D eigenvalue weighted by atomic mass is 10.5. The monoisotopic (exact) mass is 220 g/mol. The smallest absolute Gasteiger partial charge is 0.319 e. The maximum atomic E-state index is 11.1. The van der Waals surface area contributed by atoms with Crippen molar-refractivity contribution < 1.29 is 4.79 Å². The highest BCUT2D eigenvalue weighted by molar-refractivity contribution is 7.10. The minimum Gasteiger partial charge on any atom is -0.338 e. The van der Waals surface area contributed by atoms with Crippen molar-refractivity contribution in [3.05, 3.63) is 6.20 Å². The van der Waals surface area contributed by atoms with Gasteiger partial charge in [0.2, 0.25) is 0 Å². The Labute approximate surface area is 84.6 Å². The van der Waals surface area contributed by atoms with Gasteiger partial charge in [0.15, 0.2) is 0 Å². The molecule has 0 spiro atoms. The van der Waals surface area contributed by atoms with E-state index in [2.05, 4.69) is 20.2 Å². The topological polar surface area (TPSA) is 66.9 Å². The molecule has 72 valence electrons. The summed E-state index contributed by atoms with van der Waals surface area (Å²) < 4.78 is 3.60. The fourth-order valence-electron chi connectivity index (χ4n) is 0.647. The van der Waals surface area contributed by atoms with E-state index in [1.165, 1.54) is 6.20 Å². The van der Waals surface area contributed by atoms with Crippen LogP contribution in [0, 0.1) is 0 Å². The number of aromatic nitrogens is 2. The van der Waals surface area contributed by atoms with Crippen LogP contribution in [0.1, 0.15) is 6.42 Å². The van der Waals surface area contributed by atoms with Crippen molar-refractivity contribution in [2.24, 2.45) is 0 Å². The fourth-order valence-corrected chi connectivity index (χ4v) is 1.20. The summed E-state index contributed by atoms with van der Waals surface area (Å²) in [6.45, 7) is 0.571. The second-order valence-electron chi connectivity index (χ2n) is 2.21. The van der Waals surface area contributed by atoms with E-state index in [9.17, 15) is 4.79 Å². The normalized spacial score (nSPS) is 9.62. The zero-order valence-electron chi connectivity index (χ0n) is 6.79. The summed E-state index contributed by atoms with van der Waals surface area (Å²) >= 11 is 6.57. The van der Waals surface area contributed by atoms with Crippen LogP contribution < -0.4 is 10.6 Å². The number of anilines is 1. The highest BCUT2D eigenvalue weighted by Crippen LogP contribution is 2.07. The predicted octanol–water partition coefficient (Wildman–Crippen LogP) is 1.29. The minimum absolute atomic E-state index is 0.254. The molecule has 0 saturated carbocycles. The first-order chi connectivity index (χ1) is 6.33. The van der Waals surface area contributed by atoms with Gasteiger partial charge in [-0.15, -0.1) is 16.7 Å². The van der Waals surface area contributed by atoms with Gasteiger partial charge in [-0.3, -0.25) is 5.32 Å². The summed E-state index contributed by atoms with van der Waals surface area (Å²) in [6.07, 6.45) is 2.25. The van der Waals surface area contributed by atoms with Gasteiger partial charge >= 0.3 is 6.03 Å². The molecule has 7 heteroatoms. The van der Waals surface area contributed by atoms with E-state index in [1.54, 1.807) is 0 Å². The quantitative estimate of drug-likeness (QED) is 0.594. The van der Waals surface area contributed by atoms with E-state index in [0.29, 0.717) is 17.4 Å². The van der Waals surface area contributed by atoms with E-state index in [0.717, 1.165) is 18.0 Å². The minimum atomic E-state index is -0.254. The van der Waals surface area contributed by atoms with Crippen LogP contribution in [0.5, 0.6) is 0 Å². The Morgan fingerprint density at radius 1 is 1.69 bits per heavy atom. The number of carbonyl (C=O) groups excluding carboxylic acids is 1. The van der Waals surface area contributed by atoms with Crippen LogP contribution in [0.25, 0.3) is 0 Å². The van der Waals surface area contributed by atoms with Gasteiger partial charge in [0.05, 0.1) is 6.20 Å². The molecule has 0 saturated heterocycles. The van der Waals surface area contributed by atoms with Gasteiger partial charge in [-0.05, 0) is 6.42 Å². The van der Waals surface area contributed by atoms with Crippen molar-refractivity contribution in [3.8, 4) is 0 Å². The molecule has 0 aromatic carbocycles. The molecule has 1 rings (SSSR count). The number of hydrogen-bond donors (Lipinski definition) is 2. The third kappa shape index (κ3) is 4.05.